The van der Waals surface area contributed by atoms with Crippen LogP contribution in [0.25, 0.3) is 10.9 Å². The van der Waals surface area contributed by atoms with E-state index in [1.54, 1.807) is 0 Å². The van der Waals surface area contributed by atoms with Gasteiger partial charge in [0.05, 0.1) is 0 Å². The monoisotopic (exact) mass is 435 g/mol. The number of rotatable bonds is 5. The summed E-state index contributed by atoms with van der Waals surface area (Å²) in [5, 5.41) is 4.83. The van der Waals surface area contributed by atoms with Gasteiger partial charge in [-0.3, -0.25) is 4.90 Å². The van der Waals surface area contributed by atoms with Crippen molar-refractivity contribution in [1.29, 1.82) is 0 Å². The van der Waals surface area contributed by atoms with Gasteiger partial charge in [-0.1, -0.05) is 29.8 Å². The lowest BCUT2D eigenvalue weighted by Gasteiger charge is -2.35. The lowest BCUT2D eigenvalue weighted by atomic mass is 9.95. The Labute approximate surface area is 165 Å². The maximum atomic E-state index is 3.62. The van der Waals surface area contributed by atoms with Gasteiger partial charge in [-0.2, -0.15) is 0 Å². The summed E-state index contributed by atoms with van der Waals surface area (Å²) < 4.78 is 1.16. The first kappa shape index (κ1) is 21.8. The Bertz CT molecular complexity index is 624. The van der Waals surface area contributed by atoms with Gasteiger partial charge in [0.1, 0.15) is 0 Å². The first-order chi connectivity index (χ1) is 10.6. The normalized spacial score (nSPS) is 16.7. The molecule has 0 saturated carbocycles. The maximum Gasteiger partial charge on any atom is 0.0458 e. The summed E-state index contributed by atoms with van der Waals surface area (Å²) in [4.78, 5) is 6.11. The van der Waals surface area contributed by atoms with Gasteiger partial charge >= 0.3 is 0 Å². The average Bonchev–Trinajstić information content (AvgIpc) is 2.91. The van der Waals surface area contributed by atoms with Crippen LogP contribution in [-0.4, -0.2) is 36.1 Å². The molecule has 24 heavy (non-hydrogen) atoms. The quantitative estimate of drug-likeness (QED) is 0.678. The molecule has 3 rings (SSSR count). The molecule has 0 radical (unpaired) electrons. The Morgan fingerprint density at radius 3 is 2.50 bits per heavy atom. The molecule has 1 atom stereocenters. The number of fused-ring (bicyclic) bond motifs is 1. The van der Waals surface area contributed by atoms with E-state index in [0.29, 0.717) is 6.04 Å². The second-order valence-corrected chi connectivity index (χ2v) is 7.62. The van der Waals surface area contributed by atoms with Crippen molar-refractivity contribution in [2.24, 2.45) is 5.92 Å². The van der Waals surface area contributed by atoms with Gasteiger partial charge in [0.15, 0.2) is 0 Å². The SMILES string of the molecule is CC(C)CC[C@H](c1c[nH]c2ccc(Br)cc12)N1CCNCC1.Cl.Cl. The lowest BCUT2D eigenvalue weighted by Crippen LogP contribution is -2.45. The minimum absolute atomic E-state index is 0. The Morgan fingerprint density at radius 2 is 1.83 bits per heavy atom. The molecule has 1 aromatic carbocycles. The number of H-pyrrole nitrogens is 1. The molecule has 0 aliphatic carbocycles. The Kier molecular flexibility index (Phi) is 9.10. The van der Waals surface area contributed by atoms with E-state index >= 15 is 0 Å². The molecule has 1 aliphatic rings. The molecule has 1 saturated heterocycles. The van der Waals surface area contributed by atoms with Crippen LogP contribution in [0.4, 0.5) is 0 Å². The predicted molar refractivity (Wildman–Crippen MR) is 112 cm³/mol. The largest absolute Gasteiger partial charge is 0.361 e. The van der Waals surface area contributed by atoms with Crippen molar-refractivity contribution >= 4 is 51.6 Å². The first-order valence-corrected chi connectivity index (χ1v) is 9.15. The molecule has 2 aromatic rings. The molecule has 0 amide bonds. The lowest BCUT2D eigenvalue weighted by molar-refractivity contribution is 0.161. The number of piperazine rings is 1. The third-order valence-corrected chi connectivity index (χ3v) is 5.14. The van der Waals surface area contributed by atoms with Crippen LogP contribution in [-0.2, 0) is 0 Å². The van der Waals surface area contributed by atoms with Gasteiger partial charge in [0.2, 0.25) is 0 Å². The van der Waals surface area contributed by atoms with Gasteiger partial charge in [-0.05, 0) is 42.5 Å². The molecular formula is C18H28BrCl2N3. The van der Waals surface area contributed by atoms with Crippen molar-refractivity contribution in [3.8, 4) is 0 Å². The fourth-order valence-corrected chi connectivity index (χ4v) is 3.77. The minimum Gasteiger partial charge on any atom is -0.361 e. The molecule has 0 unspecified atom stereocenters. The zero-order valence-electron chi connectivity index (χ0n) is 14.3. The molecule has 1 aromatic heterocycles. The van der Waals surface area contributed by atoms with E-state index in [2.05, 4.69) is 69.4 Å². The van der Waals surface area contributed by atoms with Gasteiger partial charge < -0.3 is 10.3 Å². The van der Waals surface area contributed by atoms with Crippen LogP contribution in [0.5, 0.6) is 0 Å². The molecule has 3 nitrogen and oxygen atoms in total. The average molecular weight is 437 g/mol. The van der Waals surface area contributed by atoms with Crippen LogP contribution in [0.15, 0.2) is 28.9 Å². The number of halogens is 3. The Morgan fingerprint density at radius 1 is 1.12 bits per heavy atom. The standard InChI is InChI=1S/C18H26BrN3.2ClH/c1-13(2)3-6-18(22-9-7-20-8-10-22)16-12-21-17-5-4-14(19)11-15(16)17;;/h4-5,11-13,18,20-21H,3,6-10H2,1-2H3;2*1H/t18-;;/m1../s1. The molecule has 0 bridgehead atoms. The van der Waals surface area contributed by atoms with E-state index in [-0.39, 0.29) is 24.8 Å². The molecule has 136 valence electrons. The maximum absolute atomic E-state index is 3.62. The van der Waals surface area contributed by atoms with Crippen LogP contribution >= 0.6 is 40.7 Å². The van der Waals surface area contributed by atoms with Crippen LogP contribution in [0.1, 0.15) is 38.3 Å². The number of benzene rings is 1. The summed E-state index contributed by atoms with van der Waals surface area (Å²) in [7, 11) is 0. The highest BCUT2D eigenvalue weighted by Gasteiger charge is 2.24. The van der Waals surface area contributed by atoms with Crippen molar-refractivity contribution in [3.63, 3.8) is 0 Å². The smallest absolute Gasteiger partial charge is 0.0458 e. The van der Waals surface area contributed by atoms with Crippen LogP contribution in [0.3, 0.4) is 0 Å². The Balaban J connectivity index is 0.00000144. The van der Waals surface area contributed by atoms with Gasteiger partial charge in [0.25, 0.3) is 0 Å². The van der Waals surface area contributed by atoms with E-state index in [4.69, 9.17) is 0 Å². The van der Waals surface area contributed by atoms with Crippen molar-refractivity contribution in [3.05, 3.63) is 34.4 Å². The fraction of sp³-hybridized carbons (Fsp3) is 0.556. The molecule has 2 N–H and O–H groups in total. The van der Waals surface area contributed by atoms with Gasteiger partial charge in [0, 0.05) is 53.8 Å². The summed E-state index contributed by atoms with van der Waals surface area (Å²) in [5.74, 6) is 0.752. The summed E-state index contributed by atoms with van der Waals surface area (Å²) >= 11 is 3.62. The van der Waals surface area contributed by atoms with Crippen LogP contribution in [0.2, 0.25) is 0 Å². The highest BCUT2D eigenvalue weighted by molar-refractivity contribution is 9.10. The summed E-state index contributed by atoms with van der Waals surface area (Å²) in [6, 6.07) is 7.05. The minimum atomic E-state index is 0. The van der Waals surface area contributed by atoms with Gasteiger partial charge in [-0.25, -0.2) is 0 Å². The summed E-state index contributed by atoms with van der Waals surface area (Å²) in [6.07, 6.45) is 4.73. The number of nitrogens with zero attached hydrogens (tertiary/aromatic N) is 1. The zero-order chi connectivity index (χ0) is 15.5. The van der Waals surface area contributed by atoms with E-state index in [0.717, 1.165) is 36.6 Å². The van der Waals surface area contributed by atoms with E-state index in [9.17, 15) is 0 Å². The Hall–Kier alpha value is -0.260. The van der Waals surface area contributed by atoms with Crippen molar-refractivity contribution in [2.75, 3.05) is 26.2 Å². The van der Waals surface area contributed by atoms with E-state index in [1.807, 2.05) is 0 Å². The first-order valence-electron chi connectivity index (χ1n) is 8.36. The number of aromatic nitrogens is 1. The van der Waals surface area contributed by atoms with Crippen molar-refractivity contribution < 1.29 is 0 Å². The van der Waals surface area contributed by atoms with Crippen molar-refractivity contribution in [2.45, 2.75) is 32.7 Å². The molecule has 6 heteroatoms. The summed E-state index contributed by atoms with van der Waals surface area (Å²) in [6.45, 7) is 9.13. The van der Waals surface area contributed by atoms with E-state index < -0.39 is 0 Å². The fourth-order valence-electron chi connectivity index (χ4n) is 3.41. The number of aromatic amines is 1. The van der Waals surface area contributed by atoms with Crippen molar-refractivity contribution in [1.82, 2.24) is 15.2 Å². The highest BCUT2D eigenvalue weighted by Crippen LogP contribution is 2.34. The third-order valence-electron chi connectivity index (χ3n) is 4.64. The second-order valence-electron chi connectivity index (χ2n) is 6.71. The number of hydrogen-bond acceptors (Lipinski definition) is 2. The van der Waals surface area contributed by atoms with E-state index in [1.165, 1.54) is 29.3 Å². The molecule has 1 fully saturated rings. The number of nitrogens with one attached hydrogen (secondary N) is 2. The van der Waals surface area contributed by atoms with Crippen LogP contribution in [0, 0.1) is 5.92 Å². The topological polar surface area (TPSA) is 31.1 Å². The molecule has 0 spiro atoms. The predicted octanol–water partition coefficient (Wildman–Crippen LogP) is 5.16. The molecule has 2 heterocycles. The molecule has 1 aliphatic heterocycles. The summed E-state index contributed by atoms with van der Waals surface area (Å²) in [5.41, 5.74) is 2.70. The van der Waals surface area contributed by atoms with Crippen LogP contribution < -0.4 is 5.32 Å². The van der Waals surface area contributed by atoms with Gasteiger partial charge in [-0.15, -0.1) is 24.8 Å². The second kappa shape index (κ2) is 10.0. The third kappa shape index (κ3) is 5.12. The molecular weight excluding hydrogens is 409 g/mol. The highest BCUT2D eigenvalue weighted by atomic mass is 79.9. The zero-order valence-corrected chi connectivity index (χ0v) is 17.6. The number of hydrogen-bond donors (Lipinski definition) is 2.